The molecule has 7 heteroatoms. The Labute approximate surface area is 154 Å². The van der Waals surface area contributed by atoms with Crippen LogP contribution < -0.4 is 14.4 Å². The van der Waals surface area contributed by atoms with Crippen molar-refractivity contribution in [3.63, 3.8) is 0 Å². The van der Waals surface area contributed by atoms with Crippen molar-refractivity contribution < 1.29 is 17.9 Å². The van der Waals surface area contributed by atoms with E-state index in [1.165, 1.54) is 23.5 Å². The van der Waals surface area contributed by atoms with Crippen molar-refractivity contribution in [1.29, 1.82) is 0 Å². The first-order valence-corrected chi connectivity index (χ1v) is 9.77. The van der Waals surface area contributed by atoms with Gasteiger partial charge in [0.25, 0.3) is 15.9 Å². The average Bonchev–Trinajstić information content (AvgIpc) is 2.67. The summed E-state index contributed by atoms with van der Waals surface area (Å²) >= 11 is 0. The minimum absolute atomic E-state index is 0.0183. The van der Waals surface area contributed by atoms with E-state index in [1.54, 1.807) is 43.5 Å². The van der Waals surface area contributed by atoms with Gasteiger partial charge in [-0.1, -0.05) is 13.0 Å². The SMILES string of the molecule is CC[C@@H](C)NC(=O)c1cccc(S(=O)(=O)N(C)c2ccc(OC)cc2)c1. The summed E-state index contributed by atoms with van der Waals surface area (Å²) in [6, 6.07) is 12.8. The van der Waals surface area contributed by atoms with Crippen LogP contribution in [0.15, 0.2) is 53.4 Å². The molecule has 0 radical (unpaired) electrons. The molecule has 1 N–H and O–H groups in total. The fourth-order valence-electron chi connectivity index (χ4n) is 2.30. The monoisotopic (exact) mass is 376 g/mol. The number of nitrogens with zero attached hydrogens (tertiary/aromatic N) is 1. The van der Waals surface area contributed by atoms with Gasteiger partial charge in [-0.25, -0.2) is 8.42 Å². The van der Waals surface area contributed by atoms with E-state index in [4.69, 9.17) is 4.74 Å². The van der Waals surface area contributed by atoms with Gasteiger partial charge < -0.3 is 10.1 Å². The van der Waals surface area contributed by atoms with Crippen LogP contribution in [0, 0.1) is 0 Å². The molecule has 0 saturated heterocycles. The number of hydrogen-bond acceptors (Lipinski definition) is 4. The molecule has 6 nitrogen and oxygen atoms in total. The molecule has 0 aliphatic carbocycles. The Bertz CT molecular complexity index is 863. The zero-order chi connectivity index (χ0) is 19.3. The maximum atomic E-state index is 12.9. The molecule has 0 aliphatic rings. The van der Waals surface area contributed by atoms with E-state index in [9.17, 15) is 13.2 Å². The molecule has 0 aliphatic heterocycles. The summed E-state index contributed by atoms with van der Waals surface area (Å²) in [6.45, 7) is 3.87. The van der Waals surface area contributed by atoms with E-state index < -0.39 is 10.0 Å². The normalized spacial score (nSPS) is 12.3. The molecule has 0 fully saturated rings. The number of nitrogens with one attached hydrogen (secondary N) is 1. The second-order valence-electron chi connectivity index (χ2n) is 5.98. The van der Waals surface area contributed by atoms with E-state index in [2.05, 4.69) is 5.32 Å². The van der Waals surface area contributed by atoms with Gasteiger partial charge in [0.15, 0.2) is 0 Å². The van der Waals surface area contributed by atoms with Crippen LogP contribution in [-0.2, 0) is 10.0 Å². The van der Waals surface area contributed by atoms with Crippen molar-refractivity contribution in [2.45, 2.75) is 31.2 Å². The van der Waals surface area contributed by atoms with Gasteiger partial charge in [0.05, 0.1) is 17.7 Å². The molecule has 26 heavy (non-hydrogen) atoms. The van der Waals surface area contributed by atoms with E-state index in [0.717, 1.165) is 6.42 Å². The average molecular weight is 376 g/mol. The van der Waals surface area contributed by atoms with Crippen LogP contribution in [0.25, 0.3) is 0 Å². The van der Waals surface area contributed by atoms with Gasteiger partial charge in [0.1, 0.15) is 5.75 Å². The van der Waals surface area contributed by atoms with Crippen molar-refractivity contribution in [3.05, 3.63) is 54.1 Å². The van der Waals surface area contributed by atoms with E-state index in [0.29, 0.717) is 17.0 Å². The Balaban J connectivity index is 2.30. The van der Waals surface area contributed by atoms with E-state index >= 15 is 0 Å². The van der Waals surface area contributed by atoms with Crippen molar-refractivity contribution in [2.75, 3.05) is 18.5 Å². The minimum Gasteiger partial charge on any atom is -0.497 e. The van der Waals surface area contributed by atoms with Crippen LogP contribution in [0.2, 0.25) is 0 Å². The number of anilines is 1. The molecule has 2 rings (SSSR count). The number of amides is 1. The molecule has 0 heterocycles. The summed E-state index contributed by atoms with van der Waals surface area (Å²) in [7, 11) is -0.767. The van der Waals surface area contributed by atoms with E-state index in [-0.39, 0.29) is 16.8 Å². The number of benzene rings is 2. The van der Waals surface area contributed by atoms with Crippen LogP contribution in [0.1, 0.15) is 30.6 Å². The number of rotatable bonds is 7. The number of sulfonamides is 1. The maximum Gasteiger partial charge on any atom is 0.264 e. The number of methoxy groups -OCH3 is 1. The van der Waals surface area contributed by atoms with Gasteiger partial charge in [-0.3, -0.25) is 9.10 Å². The Hall–Kier alpha value is -2.54. The summed E-state index contributed by atoms with van der Waals surface area (Å²) in [5.41, 5.74) is 0.815. The topological polar surface area (TPSA) is 75.7 Å². The highest BCUT2D eigenvalue weighted by Crippen LogP contribution is 2.24. The van der Waals surface area contributed by atoms with Gasteiger partial charge >= 0.3 is 0 Å². The van der Waals surface area contributed by atoms with E-state index in [1.807, 2.05) is 13.8 Å². The molecule has 0 spiro atoms. The molecule has 0 bridgehead atoms. The number of hydrogen-bond donors (Lipinski definition) is 1. The van der Waals surface area contributed by atoms with Crippen LogP contribution in [0.5, 0.6) is 5.75 Å². The van der Waals surface area contributed by atoms with Crippen LogP contribution in [0.4, 0.5) is 5.69 Å². The van der Waals surface area contributed by atoms with Crippen molar-refractivity contribution in [2.24, 2.45) is 0 Å². The number of carbonyl (C=O) groups excluding carboxylic acids is 1. The second-order valence-corrected chi connectivity index (χ2v) is 7.95. The molecule has 0 aromatic heterocycles. The largest absolute Gasteiger partial charge is 0.497 e. The molecule has 0 unspecified atom stereocenters. The van der Waals surface area contributed by atoms with Crippen molar-refractivity contribution >= 4 is 21.6 Å². The molecule has 1 amide bonds. The summed E-state index contributed by atoms with van der Waals surface area (Å²) in [4.78, 5) is 12.3. The summed E-state index contributed by atoms with van der Waals surface area (Å²) in [6.07, 6.45) is 0.796. The van der Waals surface area contributed by atoms with Gasteiger partial charge in [-0.15, -0.1) is 0 Å². The lowest BCUT2D eigenvalue weighted by atomic mass is 10.2. The standard InChI is InChI=1S/C19H24N2O4S/c1-5-14(2)20-19(22)15-7-6-8-18(13-15)26(23,24)21(3)16-9-11-17(25-4)12-10-16/h6-14H,5H2,1-4H3,(H,20,22)/t14-/m1/s1. The van der Waals surface area contributed by atoms with Gasteiger partial charge in [-0.2, -0.15) is 0 Å². The first kappa shape index (κ1) is 19.8. The fourth-order valence-corrected chi connectivity index (χ4v) is 3.54. The molecule has 0 saturated carbocycles. The summed E-state index contributed by atoms with van der Waals surface area (Å²) < 4.78 is 32.1. The molecule has 2 aromatic carbocycles. The van der Waals surface area contributed by atoms with Crippen LogP contribution >= 0.6 is 0 Å². The summed E-state index contributed by atoms with van der Waals surface area (Å²) in [5.74, 6) is 0.353. The zero-order valence-corrected chi connectivity index (χ0v) is 16.2. The Morgan fingerprint density at radius 3 is 2.42 bits per heavy atom. The molecule has 1 atom stereocenters. The van der Waals surface area contributed by atoms with Crippen LogP contribution in [0.3, 0.4) is 0 Å². The Morgan fingerprint density at radius 2 is 1.85 bits per heavy atom. The first-order chi connectivity index (χ1) is 12.3. The third-order valence-electron chi connectivity index (χ3n) is 4.18. The molecular weight excluding hydrogens is 352 g/mol. The fraction of sp³-hybridized carbons (Fsp3) is 0.316. The highest BCUT2D eigenvalue weighted by atomic mass is 32.2. The van der Waals surface area contributed by atoms with Gasteiger partial charge in [0, 0.05) is 18.7 Å². The first-order valence-electron chi connectivity index (χ1n) is 8.33. The van der Waals surface area contributed by atoms with Gasteiger partial charge in [-0.05, 0) is 55.8 Å². The van der Waals surface area contributed by atoms with Crippen LogP contribution in [-0.4, -0.2) is 34.5 Å². The predicted molar refractivity (Wildman–Crippen MR) is 102 cm³/mol. The number of carbonyl (C=O) groups is 1. The minimum atomic E-state index is -3.79. The molecule has 2 aromatic rings. The van der Waals surface area contributed by atoms with Crippen molar-refractivity contribution in [1.82, 2.24) is 5.32 Å². The number of ether oxygens (including phenoxy) is 1. The molecule has 140 valence electrons. The maximum absolute atomic E-state index is 12.9. The third kappa shape index (κ3) is 4.35. The Kier molecular flexibility index (Phi) is 6.26. The quantitative estimate of drug-likeness (QED) is 0.806. The van der Waals surface area contributed by atoms with Crippen molar-refractivity contribution in [3.8, 4) is 5.75 Å². The highest BCUT2D eigenvalue weighted by molar-refractivity contribution is 7.92. The predicted octanol–water partition coefficient (Wildman–Crippen LogP) is 3.05. The molecular formula is C19H24N2O4S. The Morgan fingerprint density at radius 1 is 1.19 bits per heavy atom. The lowest BCUT2D eigenvalue weighted by Gasteiger charge is -2.20. The summed E-state index contributed by atoms with van der Waals surface area (Å²) in [5, 5.41) is 2.84. The lowest BCUT2D eigenvalue weighted by molar-refractivity contribution is 0.0939. The van der Waals surface area contributed by atoms with Gasteiger partial charge in [0.2, 0.25) is 0 Å². The third-order valence-corrected chi connectivity index (χ3v) is 5.96. The lowest BCUT2D eigenvalue weighted by Crippen LogP contribution is -2.32. The smallest absolute Gasteiger partial charge is 0.264 e. The second kappa shape index (κ2) is 8.23. The zero-order valence-electron chi connectivity index (χ0n) is 15.4. The highest BCUT2D eigenvalue weighted by Gasteiger charge is 2.22.